The van der Waals surface area contributed by atoms with E-state index in [0.717, 1.165) is 0 Å². The number of carboxylic acids is 1. The van der Waals surface area contributed by atoms with Crippen LogP contribution in [0.4, 0.5) is 11.5 Å². The van der Waals surface area contributed by atoms with Crippen molar-refractivity contribution in [3.8, 4) is 0 Å². The molecular weight excluding hydrogens is 406 g/mol. The van der Waals surface area contributed by atoms with E-state index in [1.165, 1.54) is 24.5 Å². The Morgan fingerprint density at radius 2 is 1.77 bits per heavy atom. The summed E-state index contributed by atoms with van der Waals surface area (Å²) in [4.78, 5) is 22.3. The largest absolute Gasteiger partial charge is 0.477 e. The summed E-state index contributed by atoms with van der Waals surface area (Å²) in [7, 11) is -3.73. The fourth-order valence-electron chi connectivity index (χ4n) is 2.95. The minimum Gasteiger partial charge on any atom is -0.477 e. The number of carbonyl (C=O) groups is 1. The van der Waals surface area contributed by atoms with Gasteiger partial charge in [0.25, 0.3) is 10.0 Å². The maximum absolute atomic E-state index is 12.7. The summed E-state index contributed by atoms with van der Waals surface area (Å²) in [6, 6.07) is 16.5. The SMILES string of the molecule is O=C(O)c1cc2c(NCc3ccccc3NS(=O)(=O)c3ccccc3)ncnc2[nH]1. The number of carboxylic acid groups (broad SMARTS) is 1. The lowest BCUT2D eigenvalue weighted by atomic mass is 10.2. The Morgan fingerprint density at radius 3 is 2.53 bits per heavy atom. The molecule has 0 unspecified atom stereocenters. The van der Waals surface area contributed by atoms with Gasteiger partial charge in [-0.25, -0.2) is 23.2 Å². The summed E-state index contributed by atoms with van der Waals surface area (Å²) >= 11 is 0. The molecule has 4 N–H and O–H groups in total. The molecule has 4 aromatic rings. The first-order chi connectivity index (χ1) is 14.4. The van der Waals surface area contributed by atoms with Crippen molar-refractivity contribution >= 4 is 38.5 Å². The molecule has 4 rings (SSSR count). The minimum atomic E-state index is -3.73. The van der Waals surface area contributed by atoms with Gasteiger partial charge in [0.15, 0.2) is 0 Å². The van der Waals surface area contributed by atoms with Gasteiger partial charge in [0.2, 0.25) is 0 Å². The monoisotopic (exact) mass is 423 g/mol. The third-order valence-corrected chi connectivity index (χ3v) is 5.80. The predicted octanol–water partition coefficient (Wildman–Crippen LogP) is 3.07. The molecular formula is C20H17N5O4S. The van der Waals surface area contributed by atoms with Crippen molar-refractivity contribution in [2.75, 3.05) is 10.0 Å². The normalized spacial score (nSPS) is 11.3. The highest BCUT2D eigenvalue weighted by Gasteiger charge is 2.16. The fraction of sp³-hybridized carbons (Fsp3) is 0.0500. The van der Waals surface area contributed by atoms with Crippen LogP contribution in [0.1, 0.15) is 16.1 Å². The Kier molecular flexibility index (Phi) is 5.07. The first kappa shape index (κ1) is 19.4. The van der Waals surface area contributed by atoms with Gasteiger partial charge in [-0.3, -0.25) is 4.72 Å². The Bertz CT molecular complexity index is 1320. The van der Waals surface area contributed by atoms with Crippen LogP contribution in [0.25, 0.3) is 11.0 Å². The summed E-state index contributed by atoms with van der Waals surface area (Å²) in [6.45, 7) is 0.257. The summed E-state index contributed by atoms with van der Waals surface area (Å²) in [5, 5.41) is 12.8. The van der Waals surface area contributed by atoms with Crippen LogP contribution in [-0.2, 0) is 16.6 Å². The second-order valence-electron chi connectivity index (χ2n) is 6.40. The number of nitrogens with zero attached hydrogens (tertiary/aromatic N) is 2. The number of aromatic nitrogens is 3. The third kappa shape index (κ3) is 3.94. The van der Waals surface area contributed by atoms with E-state index in [1.807, 2.05) is 0 Å². The van der Waals surface area contributed by atoms with E-state index in [-0.39, 0.29) is 17.1 Å². The average molecular weight is 423 g/mol. The molecule has 0 atom stereocenters. The molecule has 30 heavy (non-hydrogen) atoms. The maximum atomic E-state index is 12.7. The number of H-pyrrole nitrogens is 1. The Hall–Kier alpha value is -3.92. The molecule has 2 heterocycles. The number of rotatable bonds is 7. The summed E-state index contributed by atoms with van der Waals surface area (Å²) in [5.41, 5.74) is 1.52. The number of hydrogen-bond donors (Lipinski definition) is 4. The van der Waals surface area contributed by atoms with Crippen molar-refractivity contribution in [3.05, 3.63) is 78.2 Å². The van der Waals surface area contributed by atoms with E-state index in [0.29, 0.717) is 28.1 Å². The summed E-state index contributed by atoms with van der Waals surface area (Å²) in [5.74, 6) is -0.663. The minimum absolute atomic E-state index is 0.00423. The maximum Gasteiger partial charge on any atom is 0.352 e. The van der Waals surface area contributed by atoms with Gasteiger partial charge in [-0.1, -0.05) is 36.4 Å². The highest BCUT2D eigenvalue weighted by molar-refractivity contribution is 7.92. The standard InChI is InChI=1S/C20H17N5O4S/c26-20(27)17-10-15-18(22-12-23-19(15)24-17)21-11-13-6-4-5-9-16(13)25-30(28,29)14-7-2-1-3-8-14/h1-10,12,25H,11H2,(H,26,27)(H2,21,22,23,24). The van der Waals surface area contributed by atoms with E-state index in [9.17, 15) is 13.2 Å². The number of fused-ring (bicyclic) bond motifs is 1. The van der Waals surface area contributed by atoms with Gasteiger partial charge in [0, 0.05) is 6.54 Å². The number of aromatic amines is 1. The Labute approximate surface area is 171 Å². The molecule has 0 spiro atoms. The Balaban J connectivity index is 1.59. The van der Waals surface area contributed by atoms with Crippen LogP contribution in [0.3, 0.4) is 0 Å². The molecule has 152 valence electrons. The molecule has 0 amide bonds. The van der Waals surface area contributed by atoms with Crippen LogP contribution in [-0.4, -0.2) is 34.4 Å². The molecule has 0 saturated heterocycles. The van der Waals surface area contributed by atoms with Crippen molar-refractivity contribution in [1.82, 2.24) is 15.0 Å². The zero-order valence-corrected chi connectivity index (χ0v) is 16.3. The van der Waals surface area contributed by atoms with Crippen LogP contribution in [0.5, 0.6) is 0 Å². The molecule has 0 bridgehead atoms. The molecule has 9 nitrogen and oxygen atoms in total. The molecule has 2 aromatic carbocycles. The lowest BCUT2D eigenvalue weighted by Gasteiger charge is -2.14. The molecule has 0 radical (unpaired) electrons. The quantitative estimate of drug-likeness (QED) is 0.358. The van der Waals surface area contributed by atoms with Crippen LogP contribution in [0.15, 0.2) is 71.9 Å². The van der Waals surface area contributed by atoms with Gasteiger partial charge in [0.1, 0.15) is 23.5 Å². The number of para-hydroxylation sites is 1. The summed E-state index contributed by atoms with van der Waals surface area (Å²) < 4.78 is 27.9. The second kappa shape index (κ2) is 7.84. The molecule has 0 aliphatic rings. The highest BCUT2D eigenvalue weighted by atomic mass is 32.2. The zero-order chi connectivity index (χ0) is 21.1. The van der Waals surface area contributed by atoms with E-state index in [4.69, 9.17) is 5.11 Å². The average Bonchev–Trinajstić information content (AvgIpc) is 3.19. The van der Waals surface area contributed by atoms with E-state index in [1.54, 1.807) is 42.5 Å². The number of sulfonamides is 1. The molecule has 0 fully saturated rings. The smallest absolute Gasteiger partial charge is 0.352 e. The number of nitrogens with one attached hydrogen (secondary N) is 3. The second-order valence-corrected chi connectivity index (χ2v) is 8.08. The van der Waals surface area contributed by atoms with Gasteiger partial charge < -0.3 is 15.4 Å². The van der Waals surface area contributed by atoms with Gasteiger partial charge in [-0.15, -0.1) is 0 Å². The van der Waals surface area contributed by atoms with E-state index < -0.39 is 16.0 Å². The lowest BCUT2D eigenvalue weighted by Crippen LogP contribution is -2.15. The topological polar surface area (TPSA) is 137 Å². The first-order valence-corrected chi connectivity index (χ1v) is 10.4. The van der Waals surface area contributed by atoms with E-state index >= 15 is 0 Å². The lowest BCUT2D eigenvalue weighted by molar-refractivity contribution is 0.0691. The summed E-state index contributed by atoms with van der Waals surface area (Å²) in [6.07, 6.45) is 1.32. The van der Waals surface area contributed by atoms with Crippen molar-refractivity contribution in [3.63, 3.8) is 0 Å². The van der Waals surface area contributed by atoms with Crippen LogP contribution >= 0.6 is 0 Å². The Morgan fingerprint density at radius 1 is 1.03 bits per heavy atom. The van der Waals surface area contributed by atoms with Crippen molar-refractivity contribution in [2.45, 2.75) is 11.4 Å². The van der Waals surface area contributed by atoms with Crippen molar-refractivity contribution < 1.29 is 18.3 Å². The molecule has 10 heteroatoms. The van der Waals surface area contributed by atoms with Gasteiger partial charge >= 0.3 is 5.97 Å². The van der Waals surface area contributed by atoms with Gasteiger partial charge in [0.05, 0.1) is 16.0 Å². The van der Waals surface area contributed by atoms with E-state index in [2.05, 4.69) is 25.0 Å². The number of anilines is 2. The van der Waals surface area contributed by atoms with Crippen molar-refractivity contribution in [2.24, 2.45) is 0 Å². The number of aromatic carboxylic acids is 1. The number of hydrogen-bond acceptors (Lipinski definition) is 6. The van der Waals surface area contributed by atoms with Crippen LogP contribution < -0.4 is 10.0 Å². The molecule has 0 saturated carbocycles. The van der Waals surface area contributed by atoms with Gasteiger partial charge in [-0.2, -0.15) is 0 Å². The molecule has 2 aromatic heterocycles. The van der Waals surface area contributed by atoms with Gasteiger partial charge in [-0.05, 0) is 29.8 Å². The van der Waals surface area contributed by atoms with Crippen LogP contribution in [0, 0.1) is 0 Å². The molecule has 0 aliphatic heterocycles. The highest BCUT2D eigenvalue weighted by Crippen LogP contribution is 2.24. The van der Waals surface area contributed by atoms with Crippen LogP contribution in [0.2, 0.25) is 0 Å². The zero-order valence-electron chi connectivity index (χ0n) is 15.5. The fourth-order valence-corrected chi connectivity index (χ4v) is 4.07. The van der Waals surface area contributed by atoms with Crippen molar-refractivity contribution in [1.29, 1.82) is 0 Å². The predicted molar refractivity (Wildman–Crippen MR) is 112 cm³/mol. The molecule has 0 aliphatic carbocycles. The third-order valence-electron chi connectivity index (χ3n) is 4.42. The first-order valence-electron chi connectivity index (χ1n) is 8.91. The number of benzene rings is 2.